The number of nitrogens with two attached hydrogens (primary N) is 2. The van der Waals surface area contributed by atoms with Crippen LogP contribution in [0.4, 0.5) is 11.5 Å². The normalized spacial score (nSPS) is 10.3. The van der Waals surface area contributed by atoms with Crippen molar-refractivity contribution in [3.05, 3.63) is 98.3 Å². The van der Waals surface area contributed by atoms with E-state index in [1.54, 1.807) is 36.4 Å². The second-order valence-corrected chi connectivity index (χ2v) is 8.50. The zero-order valence-electron chi connectivity index (χ0n) is 19.6. The smallest absolute Gasteiger partial charge is 0.311 e. The van der Waals surface area contributed by atoms with E-state index < -0.39 is 10.8 Å². The Morgan fingerprint density at radius 1 is 0.974 bits per heavy atom. The van der Waals surface area contributed by atoms with E-state index in [9.17, 15) is 14.9 Å². The summed E-state index contributed by atoms with van der Waals surface area (Å²) in [5.74, 6) is 1.02. The number of primary amides is 1. The molecule has 5 rings (SSSR count). The minimum absolute atomic E-state index is 0.0677. The highest BCUT2D eigenvalue weighted by Crippen LogP contribution is 2.30. The van der Waals surface area contributed by atoms with Crippen molar-refractivity contribution in [1.82, 2.24) is 19.9 Å². The van der Waals surface area contributed by atoms with Gasteiger partial charge in [0.25, 0.3) is 5.91 Å². The van der Waals surface area contributed by atoms with E-state index in [1.165, 1.54) is 6.07 Å². The number of pyridine rings is 2. The maximum atomic E-state index is 11.2. The zero-order chi connectivity index (χ0) is 28.1. The predicted molar refractivity (Wildman–Crippen MR) is 144 cm³/mol. The van der Waals surface area contributed by atoms with E-state index in [2.05, 4.69) is 19.9 Å². The summed E-state index contributed by atoms with van der Waals surface area (Å²) in [6, 6.07) is 19.8. The molecule has 0 bridgehead atoms. The number of carbonyl (C=O) groups is 1. The number of nitriles is 1. The maximum Gasteiger partial charge on any atom is 0.311 e. The van der Waals surface area contributed by atoms with Gasteiger partial charge in [-0.15, -0.1) is 0 Å². The molecule has 0 unspecified atom stereocenters. The van der Waals surface area contributed by atoms with Crippen LogP contribution in [0.1, 0.15) is 16.2 Å². The summed E-state index contributed by atoms with van der Waals surface area (Å²) in [6.45, 7) is 0. The lowest BCUT2D eigenvalue weighted by atomic mass is 10.2. The summed E-state index contributed by atoms with van der Waals surface area (Å²) < 4.78 is 5.77. The molecule has 194 valence electrons. The Bertz CT molecular complexity index is 1750. The van der Waals surface area contributed by atoms with E-state index >= 15 is 0 Å². The number of imidazole rings is 1. The number of H-pyrrole nitrogens is 1. The number of amides is 1. The summed E-state index contributed by atoms with van der Waals surface area (Å²) in [4.78, 5) is 36.0. The Kier molecular flexibility index (Phi) is 7.85. The van der Waals surface area contributed by atoms with Crippen molar-refractivity contribution in [2.45, 2.75) is 0 Å². The van der Waals surface area contributed by atoms with Crippen molar-refractivity contribution in [2.24, 2.45) is 5.73 Å². The molecule has 0 aliphatic heterocycles. The van der Waals surface area contributed by atoms with Gasteiger partial charge >= 0.3 is 5.69 Å². The van der Waals surface area contributed by atoms with Gasteiger partial charge in [0.1, 0.15) is 34.8 Å². The van der Waals surface area contributed by atoms with Gasteiger partial charge < -0.3 is 21.2 Å². The molecule has 0 saturated carbocycles. The molecule has 5 aromatic rings. The Morgan fingerprint density at radius 3 is 2.31 bits per heavy atom. The fourth-order valence-electron chi connectivity index (χ4n) is 3.21. The highest BCUT2D eigenvalue weighted by Gasteiger charge is 2.12. The SMILES string of the molecule is N#Cc1ccc([N+](=O)[O-])c(N)n1.NC(=O)c1ccc2[nH]c(-c3ccc(Oc4ccc(Cl)c(Cl)c4)cc3)nc2n1. The van der Waals surface area contributed by atoms with Crippen molar-refractivity contribution in [1.29, 1.82) is 5.26 Å². The molecule has 3 heterocycles. The number of halogens is 2. The van der Waals surface area contributed by atoms with Crippen LogP contribution >= 0.6 is 23.2 Å². The number of aromatic amines is 1. The molecule has 12 nitrogen and oxygen atoms in total. The number of ether oxygens (including phenoxy) is 1. The van der Waals surface area contributed by atoms with Crippen molar-refractivity contribution >= 4 is 51.8 Å². The second-order valence-electron chi connectivity index (χ2n) is 7.69. The quantitative estimate of drug-likeness (QED) is 0.188. The number of benzene rings is 2. The highest BCUT2D eigenvalue weighted by atomic mass is 35.5. The minimum Gasteiger partial charge on any atom is -0.457 e. The average molecular weight is 563 g/mol. The molecule has 0 aliphatic carbocycles. The van der Waals surface area contributed by atoms with E-state index in [0.717, 1.165) is 11.6 Å². The molecule has 0 spiro atoms. The van der Waals surface area contributed by atoms with Gasteiger partial charge in [0.15, 0.2) is 5.65 Å². The summed E-state index contributed by atoms with van der Waals surface area (Å²) in [7, 11) is 0. The van der Waals surface area contributed by atoms with Gasteiger partial charge in [-0.3, -0.25) is 14.9 Å². The van der Waals surface area contributed by atoms with Crippen molar-refractivity contribution in [2.75, 3.05) is 5.73 Å². The van der Waals surface area contributed by atoms with Gasteiger partial charge in [0.05, 0.1) is 20.5 Å². The maximum absolute atomic E-state index is 11.2. The number of nitro groups is 1. The third-order valence-electron chi connectivity index (χ3n) is 5.07. The van der Waals surface area contributed by atoms with Gasteiger partial charge in [0.2, 0.25) is 5.82 Å². The molecule has 5 N–H and O–H groups in total. The largest absolute Gasteiger partial charge is 0.457 e. The second kappa shape index (κ2) is 11.4. The number of hydrogen-bond acceptors (Lipinski definition) is 9. The van der Waals surface area contributed by atoms with Crippen LogP contribution in [0.3, 0.4) is 0 Å². The van der Waals surface area contributed by atoms with Crippen LogP contribution in [-0.2, 0) is 0 Å². The average Bonchev–Trinajstić information content (AvgIpc) is 3.35. The number of hydrogen-bond donors (Lipinski definition) is 3. The van der Waals surface area contributed by atoms with Gasteiger partial charge in [0, 0.05) is 17.7 Å². The first-order chi connectivity index (χ1) is 18.6. The molecule has 0 fully saturated rings. The topological polar surface area (TPSA) is 200 Å². The zero-order valence-corrected chi connectivity index (χ0v) is 21.1. The third kappa shape index (κ3) is 6.37. The van der Waals surface area contributed by atoms with Gasteiger partial charge in [-0.1, -0.05) is 23.2 Å². The van der Waals surface area contributed by atoms with Crippen LogP contribution in [0.2, 0.25) is 10.0 Å². The molecule has 0 aliphatic rings. The lowest BCUT2D eigenvalue weighted by Crippen LogP contribution is -2.12. The number of rotatable bonds is 5. The van der Waals surface area contributed by atoms with Crippen LogP contribution in [0.15, 0.2) is 66.7 Å². The molecule has 1 amide bonds. The number of anilines is 1. The van der Waals surface area contributed by atoms with Crippen LogP contribution in [0.25, 0.3) is 22.6 Å². The first-order valence-electron chi connectivity index (χ1n) is 10.9. The standard InChI is InChI=1S/C19H12Cl2N4O2.C6H4N4O2/c20-13-6-5-12(9-14(13)21)27-11-3-1-10(2-4-11)18-24-16-8-7-15(17(22)26)23-19(16)25-18;7-3-4-1-2-5(10(11)12)6(8)9-4/h1-9H,(H2,22,26)(H,23,24,25);1-2H,(H2,8,9). The molecule has 0 saturated heterocycles. The molecule has 3 aromatic heterocycles. The molecule has 2 aromatic carbocycles. The lowest BCUT2D eigenvalue weighted by molar-refractivity contribution is -0.384. The minimum atomic E-state index is -0.649. The molecule has 0 atom stereocenters. The molecule has 0 radical (unpaired) electrons. The monoisotopic (exact) mass is 562 g/mol. The first kappa shape index (κ1) is 26.8. The van der Waals surface area contributed by atoms with Crippen LogP contribution in [0, 0.1) is 21.4 Å². The summed E-state index contributed by atoms with van der Waals surface area (Å²) in [6.07, 6.45) is 0. The van der Waals surface area contributed by atoms with E-state index in [-0.39, 0.29) is 22.9 Å². The van der Waals surface area contributed by atoms with E-state index in [1.807, 2.05) is 24.3 Å². The van der Waals surface area contributed by atoms with Crippen molar-refractivity contribution in [3.63, 3.8) is 0 Å². The van der Waals surface area contributed by atoms with Crippen LogP contribution < -0.4 is 16.2 Å². The highest BCUT2D eigenvalue weighted by molar-refractivity contribution is 6.42. The number of carbonyl (C=O) groups excluding carboxylic acids is 1. The summed E-state index contributed by atoms with van der Waals surface area (Å²) in [5.41, 5.74) is 12.4. The number of fused-ring (bicyclic) bond motifs is 1. The van der Waals surface area contributed by atoms with E-state index in [0.29, 0.717) is 38.5 Å². The van der Waals surface area contributed by atoms with Crippen molar-refractivity contribution in [3.8, 4) is 29.0 Å². The van der Waals surface area contributed by atoms with E-state index in [4.69, 9.17) is 44.7 Å². The predicted octanol–water partition coefficient (Wildman–Crippen LogP) is 5.27. The molecule has 39 heavy (non-hydrogen) atoms. The van der Waals surface area contributed by atoms with Crippen LogP contribution in [0.5, 0.6) is 11.5 Å². The Labute approximate surface area is 229 Å². The third-order valence-corrected chi connectivity index (χ3v) is 5.81. The van der Waals surface area contributed by atoms with Gasteiger partial charge in [-0.2, -0.15) is 5.26 Å². The fraction of sp³-hybridized carbons (Fsp3) is 0. The van der Waals surface area contributed by atoms with Crippen LogP contribution in [-0.4, -0.2) is 30.8 Å². The van der Waals surface area contributed by atoms with Gasteiger partial charge in [-0.25, -0.2) is 15.0 Å². The fourth-order valence-corrected chi connectivity index (χ4v) is 3.50. The lowest BCUT2D eigenvalue weighted by Gasteiger charge is -2.07. The summed E-state index contributed by atoms with van der Waals surface area (Å²) in [5, 5.41) is 19.5. The number of nitrogens with zero attached hydrogens (tertiary/aromatic N) is 5. The number of aromatic nitrogens is 4. The Hall–Kier alpha value is -5.25. The first-order valence-corrected chi connectivity index (χ1v) is 11.6. The van der Waals surface area contributed by atoms with Crippen molar-refractivity contribution < 1.29 is 14.5 Å². The Morgan fingerprint density at radius 2 is 1.69 bits per heavy atom. The number of nitrogen functional groups attached to an aromatic ring is 1. The molecule has 14 heteroatoms. The molecular formula is C25H16Cl2N8O4. The van der Waals surface area contributed by atoms with Gasteiger partial charge in [-0.05, 0) is 54.6 Å². The molecular weight excluding hydrogens is 547 g/mol. The summed E-state index contributed by atoms with van der Waals surface area (Å²) >= 11 is 11.9. The number of nitrogens with one attached hydrogen (secondary N) is 1. The Balaban J connectivity index is 0.000000247.